The molecule has 0 N–H and O–H groups in total. The number of aromatic nitrogens is 3. The van der Waals surface area contributed by atoms with Gasteiger partial charge in [0.25, 0.3) is 0 Å². The molecule has 0 bridgehead atoms. The van der Waals surface area contributed by atoms with E-state index >= 15 is 0 Å². The van der Waals surface area contributed by atoms with E-state index < -0.39 is 9.84 Å². The molecule has 1 unspecified atom stereocenters. The molecule has 9 heteroatoms. The Morgan fingerprint density at radius 1 is 1.28 bits per heavy atom. The summed E-state index contributed by atoms with van der Waals surface area (Å²) in [6.07, 6.45) is 4.36. The fourth-order valence-electron chi connectivity index (χ4n) is 2.89. The van der Waals surface area contributed by atoms with Crippen LogP contribution in [0.3, 0.4) is 0 Å². The number of ether oxygens (including phenoxy) is 1. The van der Waals surface area contributed by atoms with Gasteiger partial charge in [-0.25, -0.2) is 23.4 Å². The monoisotopic (exact) mass is 376 g/mol. The molecule has 4 rings (SSSR count). The van der Waals surface area contributed by atoms with Crippen LogP contribution in [0.4, 0.5) is 5.82 Å². The number of hydrogen-bond donors (Lipinski definition) is 0. The van der Waals surface area contributed by atoms with Crippen molar-refractivity contribution in [3.05, 3.63) is 41.1 Å². The highest BCUT2D eigenvalue weighted by molar-refractivity contribution is 7.90. The number of nitrogens with zero attached hydrogens (tertiary/aromatic N) is 4. The lowest BCUT2D eigenvalue weighted by molar-refractivity contribution is 0.0394. The van der Waals surface area contributed by atoms with E-state index in [0.29, 0.717) is 19.7 Å². The van der Waals surface area contributed by atoms with Crippen LogP contribution in [0.2, 0.25) is 0 Å². The van der Waals surface area contributed by atoms with Gasteiger partial charge in [-0.05, 0) is 18.2 Å². The van der Waals surface area contributed by atoms with Crippen LogP contribution in [0.1, 0.15) is 11.1 Å². The number of rotatable bonds is 3. The smallest absolute Gasteiger partial charge is 0.175 e. The quantitative estimate of drug-likeness (QED) is 0.692. The molecule has 1 saturated heterocycles. The van der Waals surface area contributed by atoms with Crippen LogP contribution >= 0.6 is 11.3 Å². The highest BCUT2D eigenvalue weighted by Gasteiger charge is 2.26. The maximum Gasteiger partial charge on any atom is 0.175 e. The number of morpholine rings is 1. The first-order valence-electron chi connectivity index (χ1n) is 7.73. The average molecular weight is 376 g/mol. The Kier molecular flexibility index (Phi) is 4.14. The molecule has 0 spiro atoms. The maximum atomic E-state index is 11.9. The second-order valence-corrected chi connectivity index (χ2v) is 8.77. The lowest BCUT2D eigenvalue weighted by atomic mass is 10.2. The van der Waals surface area contributed by atoms with Crippen molar-refractivity contribution in [3.63, 3.8) is 0 Å². The summed E-state index contributed by atoms with van der Waals surface area (Å²) in [7, 11) is -3.30. The summed E-state index contributed by atoms with van der Waals surface area (Å²) in [4.78, 5) is 15.4. The molecular formula is C16H16N4O3S2. The summed E-state index contributed by atoms with van der Waals surface area (Å²) < 4.78 is 29.6. The molecule has 25 heavy (non-hydrogen) atoms. The standard InChI is InChI=1S/C16H16N4O3S2/c1-25(21,22)11-2-3-13-12(8-11)15(19-10-18-13)20-5-6-23-14(9-20)16-17-4-7-24-16/h2-4,7-8,10,14H,5-6,9H2,1H3. The van der Waals surface area contributed by atoms with Gasteiger partial charge < -0.3 is 9.64 Å². The van der Waals surface area contributed by atoms with E-state index in [1.807, 2.05) is 5.38 Å². The molecule has 3 heterocycles. The predicted molar refractivity (Wildman–Crippen MR) is 95.7 cm³/mol. The second-order valence-electron chi connectivity index (χ2n) is 5.82. The minimum Gasteiger partial charge on any atom is -0.367 e. The molecule has 1 atom stereocenters. The van der Waals surface area contributed by atoms with Crippen molar-refractivity contribution >= 4 is 37.9 Å². The van der Waals surface area contributed by atoms with Gasteiger partial charge >= 0.3 is 0 Å². The van der Waals surface area contributed by atoms with E-state index in [1.165, 1.54) is 12.6 Å². The Hall–Kier alpha value is -2.10. The number of hydrogen-bond acceptors (Lipinski definition) is 8. The van der Waals surface area contributed by atoms with Gasteiger partial charge in [-0.15, -0.1) is 11.3 Å². The number of benzene rings is 1. The first-order valence-corrected chi connectivity index (χ1v) is 10.5. The normalized spacial score (nSPS) is 18.6. The lowest BCUT2D eigenvalue weighted by Gasteiger charge is -2.33. The Morgan fingerprint density at radius 3 is 2.92 bits per heavy atom. The van der Waals surface area contributed by atoms with Gasteiger partial charge in [-0.3, -0.25) is 0 Å². The summed E-state index contributed by atoms with van der Waals surface area (Å²) >= 11 is 1.56. The molecule has 3 aromatic rings. The highest BCUT2D eigenvalue weighted by Crippen LogP contribution is 2.30. The Morgan fingerprint density at radius 2 is 2.16 bits per heavy atom. The first-order chi connectivity index (χ1) is 12.0. The average Bonchev–Trinajstić information content (AvgIpc) is 3.15. The first kappa shape index (κ1) is 16.4. The van der Waals surface area contributed by atoms with E-state index in [4.69, 9.17) is 4.74 Å². The zero-order valence-electron chi connectivity index (χ0n) is 13.5. The van der Waals surface area contributed by atoms with Crippen molar-refractivity contribution in [1.29, 1.82) is 0 Å². The molecule has 0 saturated carbocycles. The Labute approximate surface area is 149 Å². The van der Waals surface area contributed by atoms with Crippen molar-refractivity contribution in [2.24, 2.45) is 0 Å². The van der Waals surface area contributed by atoms with Crippen molar-refractivity contribution in [3.8, 4) is 0 Å². The van der Waals surface area contributed by atoms with Crippen LogP contribution in [-0.4, -0.2) is 49.3 Å². The molecule has 1 aliphatic rings. The number of fused-ring (bicyclic) bond motifs is 1. The van der Waals surface area contributed by atoms with Gasteiger partial charge in [-0.1, -0.05) is 0 Å². The predicted octanol–water partition coefficient (Wildman–Crippen LogP) is 2.07. The van der Waals surface area contributed by atoms with Crippen LogP contribution < -0.4 is 4.90 Å². The molecule has 2 aromatic heterocycles. The third-order valence-corrected chi connectivity index (χ3v) is 6.08. The molecule has 0 amide bonds. The topological polar surface area (TPSA) is 85.3 Å². The van der Waals surface area contributed by atoms with E-state index in [9.17, 15) is 8.42 Å². The van der Waals surface area contributed by atoms with Crippen molar-refractivity contribution in [2.45, 2.75) is 11.0 Å². The van der Waals surface area contributed by atoms with E-state index in [-0.39, 0.29) is 11.0 Å². The number of anilines is 1. The third kappa shape index (κ3) is 3.22. The van der Waals surface area contributed by atoms with Crippen LogP contribution in [0.15, 0.2) is 41.0 Å². The van der Waals surface area contributed by atoms with Gasteiger partial charge in [-0.2, -0.15) is 0 Å². The largest absolute Gasteiger partial charge is 0.367 e. The van der Waals surface area contributed by atoms with Gasteiger partial charge in [0.05, 0.1) is 23.6 Å². The van der Waals surface area contributed by atoms with Crippen LogP contribution in [0.25, 0.3) is 10.9 Å². The van der Waals surface area contributed by atoms with Crippen LogP contribution in [0.5, 0.6) is 0 Å². The summed E-state index contributed by atoms with van der Waals surface area (Å²) in [6, 6.07) is 4.94. The molecule has 1 aliphatic heterocycles. The lowest BCUT2D eigenvalue weighted by Crippen LogP contribution is -2.39. The van der Waals surface area contributed by atoms with Gasteiger partial charge in [0.15, 0.2) is 9.84 Å². The Balaban J connectivity index is 1.75. The zero-order valence-corrected chi connectivity index (χ0v) is 15.1. The second kappa shape index (κ2) is 6.32. The van der Waals surface area contributed by atoms with Crippen molar-refractivity contribution in [1.82, 2.24) is 15.0 Å². The zero-order chi connectivity index (χ0) is 17.4. The van der Waals surface area contributed by atoms with Crippen LogP contribution in [-0.2, 0) is 14.6 Å². The van der Waals surface area contributed by atoms with E-state index in [1.54, 1.807) is 35.7 Å². The van der Waals surface area contributed by atoms with Gasteiger partial charge in [0.1, 0.15) is 23.3 Å². The molecule has 0 radical (unpaired) electrons. The molecule has 1 fully saturated rings. The molecule has 0 aliphatic carbocycles. The van der Waals surface area contributed by atoms with Gasteiger partial charge in [0.2, 0.25) is 0 Å². The summed E-state index contributed by atoms with van der Waals surface area (Å²) in [5.74, 6) is 0.723. The van der Waals surface area contributed by atoms with Gasteiger partial charge in [0, 0.05) is 29.8 Å². The third-order valence-electron chi connectivity index (χ3n) is 4.11. The summed E-state index contributed by atoms with van der Waals surface area (Å²) in [6.45, 7) is 1.85. The maximum absolute atomic E-state index is 11.9. The fraction of sp³-hybridized carbons (Fsp3) is 0.312. The summed E-state index contributed by atoms with van der Waals surface area (Å²) in [5, 5.41) is 3.58. The SMILES string of the molecule is CS(=O)(=O)c1ccc2ncnc(N3CCOC(c4nccs4)C3)c2c1. The number of thiazole rings is 1. The highest BCUT2D eigenvalue weighted by atomic mass is 32.2. The minimum absolute atomic E-state index is 0.114. The fourth-order valence-corrected chi connectivity index (χ4v) is 4.21. The Bertz CT molecular complexity index is 1010. The minimum atomic E-state index is -3.30. The van der Waals surface area contributed by atoms with Crippen LogP contribution in [0, 0.1) is 0 Å². The van der Waals surface area contributed by atoms with Crippen molar-refractivity contribution in [2.75, 3.05) is 30.9 Å². The molecule has 1 aromatic carbocycles. The number of sulfone groups is 1. The molecule has 7 nitrogen and oxygen atoms in total. The van der Waals surface area contributed by atoms with E-state index in [0.717, 1.165) is 21.7 Å². The van der Waals surface area contributed by atoms with E-state index in [2.05, 4.69) is 19.9 Å². The van der Waals surface area contributed by atoms with Crippen molar-refractivity contribution < 1.29 is 13.2 Å². The molecular weight excluding hydrogens is 360 g/mol. The molecule has 130 valence electrons. The summed E-state index contributed by atoms with van der Waals surface area (Å²) in [5.41, 5.74) is 0.717.